The Hall–Kier alpha value is -3.09. The van der Waals surface area contributed by atoms with Gasteiger partial charge in [0, 0.05) is 75.8 Å². The molecule has 188 valence electrons. The van der Waals surface area contributed by atoms with E-state index in [0.717, 1.165) is 69.3 Å². The molecule has 3 aromatic rings. The molecule has 1 aromatic heterocycles. The Morgan fingerprint density at radius 1 is 0.944 bits per heavy atom. The van der Waals surface area contributed by atoms with Crippen molar-refractivity contribution in [3.05, 3.63) is 88.6 Å². The second-order valence-corrected chi connectivity index (χ2v) is 10.3. The lowest BCUT2D eigenvalue weighted by Gasteiger charge is -2.41. The van der Waals surface area contributed by atoms with E-state index in [1.54, 1.807) is 6.20 Å². The second-order valence-electron chi connectivity index (χ2n) is 9.85. The number of para-hydroxylation sites is 1. The van der Waals surface area contributed by atoms with Gasteiger partial charge in [-0.05, 0) is 55.3 Å². The van der Waals surface area contributed by atoms with E-state index in [4.69, 9.17) is 11.6 Å². The zero-order valence-electron chi connectivity index (χ0n) is 21.1. The molecule has 0 saturated carbocycles. The summed E-state index contributed by atoms with van der Waals surface area (Å²) < 4.78 is 0. The maximum absolute atomic E-state index is 13.6. The highest BCUT2D eigenvalue weighted by Gasteiger charge is 2.29. The van der Waals surface area contributed by atoms with E-state index in [1.165, 1.54) is 11.3 Å². The van der Waals surface area contributed by atoms with Gasteiger partial charge in [0.15, 0.2) is 0 Å². The summed E-state index contributed by atoms with van der Waals surface area (Å²) >= 11 is 6.34. The molecule has 36 heavy (non-hydrogen) atoms. The lowest BCUT2D eigenvalue weighted by Crippen LogP contribution is -2.54. The predicted octanol–water partition coefficient (Wildman–Crippen LogP) is 4.72. The summed E-state index contributed by atoms with van der Waals surface area (Å²) in [5.74, 6) is 1.01. The van der Waals surface area contributed by atoms with Gasteiger partial charge >= 0.3 is 0 Å². The molecule has 2 fully saturated rings. The average Bonchev–Trinajstić information content (AvgIpc) is 2.91. The standard InChI is InChI=1S/C29H34ClN5O/c1-22-10-11-24(21-32-13-15-33(16-14-32)28-27(30)9-6-12-31-28)19-26(22)29(36)35-18-17-34(20-23(35)2)25-7-4-3-5-8-25/h3-12,19,23H,13-18,20-21H2,1-2H3/t23-/m0/s1. The van der Waals surface area contributed by atoms with Gasteiger partial charge in [-0.2, -0.15) is 0 Å². The van der Waals surface area contributed by atoms with E-state index in [2.05, 4.69) is 69.1 Å². The number of aromatic nitrogens is 1. The van der Waals surface area contributed by atoms with Crippen molar-refractivity contribution in [3.8, 4) is 0 Å². The Bertz CT molecular complexity index is 1200. The first-order valence-electron chi connectivity index (χ1n) is 12.8. The van der Waals surface area contributed by atoms with Gasteiger partial charge < -0.3 is 14.7 Å². The third-order valence-electron chi connectivity index (χ3n) is 7.36. The number of piperazine rings is 2. The van der Waals surface area contributed by atoms with Crippen LogP contribution in [0.1, 0.15) is 28.4 Å². The van der Waals surface area contributed by atoms with Gasteiger partial charge in [0.25, 0.3) is 5.91 Å². The van der Waals surface area contributed by atoms with Crippen molar-refractivity contribution in [2.45, 2.75) is 26.4 Å². The fraction of sp³-hybridized carbons (Fsp3) is 0.379. The average molecular weight is 504 g/mol. The molecular weight excluding hydrogens is 470 g/mol. The van der Waals surface area contributed by atoms with Crippen LogP contribution in [0.4, 0.5) is 11.5 Å². The van der Waals surface area contributed by atoms with Crippen LogP contribution in [0.5, 0.6) is 0 Å². The highest BCUT2D eigenvalue weighted by atomic mass is 35.5. The molecule has 3 heterocycles. The van der Waals surface area contributed by atoms with E-state index in [1.807, 2.05) is 30.0 Å². The number of carbonyl (C=O) groups is 1. The van der Waals surface area contributed by atoms with Gasteiger partial charge in [-0.3, -0.25) is 9.69 Å². The summed E-state index contributed by atoms with van der Waals surface area (Å²) in [5, 5.41) is 0.700. The third-order valence-corrected chi connectivity index (χ3v) is 7.65. The molecule has 0 N–H and O–H groups in total. The van der Waals surface area contributed by atoms with Gasteiger partial charge in [-0.25, -0.2) is 4.98 Å². The van der Waals surface area contributed by atoms with Crippen LogP contribution in [0, 0.1) is 6.92 Å². The topological polar surface area (TPSA) is 42.9 Å². The first-order valence-corrected chi connectivity index (χ1v) is 13.2. The van der Waals surface area contributed by atoms with E-state index < -0.39 is 0 Å². The lowest BCUT2D eigenvalue weighted by molar-refractivity contribution is 0.0673. The van der Waals surface area contributed by atoms with Gasteiger partial charge in [0.05, 0.1) is 5.02 Å². The van der Waals surface area contributed by atoms with E-state index >= 15 is 0 Å². The zero-order chi connectivity index (χ0) is 25.1. The van der Waals surface area contributed by atoms with Crippen LogP contribution in [0.15, 0.2) is 66.9 Å². The molecule has 0 aliphatic carbocycles. The zero-order valence-corrected chi connectivity index (χ0v) is 21.9. The van der Waals surface area contributed by atoms with Crippen molar-refractivity contribution in [2.75, 3.05) is 55.6 Å². The van der Waals surface area contributed by atoms with Crippen LogP contribution in [-0.4, -0.2) is 72.5 Å². The number of hydrogen-bond acceptors (Lipinski definition) is 5. The molecule has 6 nitrogen and oxygen atoms in total. The summed E-state index contributed by atoms with van der Waals surface area (Å²) in [5.41, 5.74) is 4.27. The molecule has 2 saturated heterocycles. The number of benzene rings is 2. The van der Waals surface area contributed by atoms with Crippen LogP contribution >= 0.6 is 11.6 Å². The minimum atomic E-state index is 0.143. The summed E-state index contributed by atoms with van der Waals surface area (Å²) in [6, 6.07) is 20.7. The summed E-state index contributed by atoms with van der Waals surface area (Å²) in [6.45, 7) is 11.1. The summed E-state index contributed by atoms with van der Waals surface area (Å²) in [6.07, 6.45) is 1.79. The minimum Gasteiger partial charge on any atom is -0.368 e. The molecule has 0 bridgehead atoms. The Labute approximate surface area is 219 Å². The van der Waals surface area contributed by atoms with Crippen LogP contribution in [0.2, 0.25) is 5.02 Å². The van der Waals surface area contributed by atoms with Crippen LogP contribution in [-0.2, 0) is 6.54 Å². The molecule has 1 amide bonds. The number of amides is 1. The van der Waals surface area contributed by atoms with Crippen molar-refractivity contribution in [1.29, 1.82) is 0 Å². The van der Waals surface area contributed by atoms with Gasteiger partial charge in [0.2, 0.25) is 0 Å². The first kappa shape index (κ1) is 24.6. The molecule has 0 radical (unpaired) electrons. The Kier molecular flexibility index (Phi) is 7.44. The van der Waals surface area contributed by atoms with Gasteiger partial charge in [0.1, 0.15) is 5.82 Å². The summed E-state index contributed by atoms with van der Waals surface area (Å²) in [4.78, 5) is 27.2. The van der Waals surface area contributed by atoms with Crippen molar-refractivity contribution in [2.24, 2.45) is 0 Å². The number of pyridine rings is 1. The number of carbonyl (C=O) groups excluding carboxylic acids is 1. The third kappa shape index (κ3) is 5.35. The van der Waals surface area contributed by atoms with E-state index in [-0.39, 0.29) is 11.9 Å². The van der Waals surface area contributed by atoms with Crippen molar-refractivity contribution in [1.82, 2.24) is 14.8 Å². The fourth-order valence-corrected chi connectivity index (χ4v) is 5.51. The maximum atomic E-state index is 13.6. The number of rotatable bonds is 5. The number of anilines is 2. The Morgan fingerprint density at radius 2 is 1.69 bits per heavy atom. The maximum Gasteiger partial charge on any atom is 0.254 e. The molecule has 0 spiro atoms. The molecule has 2 aromatic carbocycles. The number of hydrogen-bond donors (Lipinski definition) is 0. The smallest absolute Gasteiger partial charge is 0.254 e. The highest BCUT2D eigenvalue weighted by molar-refractivity contribution is 6.32. The number of aryl methyl sites for hydroxylation is 1. The number of halogens is 1. The van der Waals surface area contributed by atoms with Crippen molar-refractivity contribution in [3.63, 3.8) is 0 Å². The quantitative estimate of drug-likeness (QED) is 0.504. The Morgan fingerprint density at radius 3 is 2.42 bits per heavy atom. The van der Waals surface area contributed by atoms with Crippen molar-refractivity contribution >= 4 is 29.0 Å². The predicted molar refractivity (Wildman–Crippen MR) is 147 cm³/mol. The van der Waals surface area contributed by atoms with Gasteiger partial charge in [-0.1, -0.05) is 41.9 Å². The molecule has 7 heteroatoms. The van der Waals surface area contributed by atoms with Crippen molar-refractivity contribution < 1.29 is 4.79 Å². The fourth-order valence-electron chi connectivity index (χ4n) is 5.27. The normalized spacial score (nSPS) is 19.0. The number of nitrogens with zero attached hydrogens (tertiary/aromatic N) is 5. The van der Waals surface area contributed by atoms with Crippen LogP contribution < -0.4 is 9.80 Å². The summed E-state index contributed by atoms with van der Waals surface area (Å²) in [7, 11) is 0. The van der Waals surface area contributed by atoms with Crippen LogP contribution in [0.25, 0.3) is 0 Å². The second kappa shape index (κ2) is 10.9. The minimum absolute atomic E-state index is 0.143. The Balaban J connectivity index is 1.21. The van der Waals surface area contributed by atoms with E-state index in [0.29, 0.717) is 5.02 Å². The first-order chi connectivity index (χ1) is 17.5. The lowest BCUT2D eigenvalue weighted by atomic mass is 10.0. The van der Waals surface area contributed by atoms with Gasteiger partial charge in [-0.15, -0.1) is 0 Å². The largest absolute Gasteiger partial charge is 0.368 e. The molecular formula is C29H34ClN5O. The highest BCUT2D eigenvalue weighted by Crippen LogP contribution is 2.25. The van der Waals surface area contributed by atoms with Crippen LogP contribution in [0.3, 0.4) is 0 Å². The molecule has 5 rings (SSSR count). The van der Waals surface area contributed by atoms with E-state index in [9.17, 15) is 4.79 Å². The molecule has 1 atom stereocenters. The monoisotopic (exact) mass is 503 g/mol. The molecule has 0 unspecified atom stereocenters. The molecule has 2 aliphatic rings. The SMILES string of the molecule is Cc1ccc(CN2CCN(c3ncccc3Cl)CC2)cc1C(=O)N1CCN(c2ccccc2)C[C@@H]1C. The molecule has 2 aliphatic heterocycles.